The number of carbonyl (C=O) groups excluding carboxylic acids is 1. The number of rotatable bonds is 4. The average molecular weight is 250 g/mol. The highest BCUT2D eigenvalue weighted by molar-refractivity contribution is 5.78. The van der Waals surface area contributed by atoms with Gasteiger partial charge in [0.1, 0.15) is 11.5 Å². The van der Waals surface area contributed by atoms with Crippen LogP contribution in [0.3, 0.4) is 0 Å². The Kier molecular flexibility index (Phi) is 3.92. The fourth-order valence-corrected chi connectivity index (χ4v) is 2.01. The van der Waals surface area contributed by atoms with E-state index >= 15 is 0 Å². The molecular formula is C13H18N2O3. The van der Waals surface area contributed by atoms with Crippen molar-refractivity contribution >= 4 is 11.6 Å². The molecule has 18 heavy (non-hydrogen) atoms. The third kappa shape index (κ3) is 2.85. The zero-order valence-corrected chi connectivity index (χ0v) is 10.5. The summed E-state index contributed by atoms with van der Waals surface area (Å²) in [5, 5.41) is 0. The number of amides is 1. The Morgan fingerprint density at radius 1 is 1.39 bits per heavy atom. The van der Waals surface area contributed by atoms with Crippen LogP contribution < -0.4 is 15.2 Å². The summed E-state index contributed by atoms with van der Waals surface area (Å²) in [6.07, 6.45) is 2.17. The molecule has 0 radical (unpaired) electrons. The van der Waals surface area contributed by atoms with Gasteiger partial charge in [-0.2, -0.15) is 0 Å². The van der Waals surface area contributed by atoms with Crippen LogP contribution in [-0.4, -0.2) is 37.6 Å². The highest BCUT2D eigenvalue weighted by atomic mass is 16.5. The molecule has 1 heterocycles. The van der Waals surface area contributed by atoms with Crippen LogP contribution >= 0.6 is 0 Å². The number of methoxy groups -OCH3 is 1. The molecule has 5 nitrogen and oxygen atoms in total. The number of likely N-dealkylation sites (tertiary alicyclic amines) is 1. The molecule has 0 saturated carbocycles. The third-order valence-corrected chi connectivity index (χ3v) is 3.02. The number of benzene rings is 1. The molecule has 1 aromatic carbocycles. The van der Waals surface area contributed by atoms with E-state index in [9.17, 15) is 4.79 Å². The van der Waals surface area contributed by atoms with Crippen molar-refractivity contribution in [3.8, 4) is 11.5 Å². The van der Waals surface area contributed by atoms with E-state index in [2.05, 4.69) is 0 Å². The molecule has 0 aromatic heterocycles. The smallest absolute Gasteiger partial charge is 0.260 e. The lowest BCUT2D eigenvalue weighted by molar-refractivity contribution is -0.132. The number of nitrogens with two attached hydrogens (primary N) is 1. The van der Waals surface area contributed by atoms with E-state index in [4.69, 9.17) is 15.2 Å². The fraction of sp³-hybridized carbons (Fsp3) is 0.462. The number of hydrogen-bond acceptors (Lipinski definition) is 4. The monoisotopic (exact) mass is 250 g/mol. The van der Waals surface area contributed by atoms with Crippen molar-refractivity contribution in [1.29, 1.82) is 0 Å². The first kappa shape index (κ1) is 12.5. The van der Waals surface area contributed by atoms with Gasteiger partial charge < -0.3 is 20.1 Å². The summed E-state index contributed by atoms with van der Waals surface area (Å²) in [6.45, 7) is 1.74. The number of ether oxygens (including phenoxy) is 2. The zero-order valence-electron chi connectivity index (χ0n) is 10.5. The molecule has 2 N–H and O–H groups in total. The minimum atomic E-state index is 0.0295. The van der Waals surface area contributed by atoms with Crippen LogP contribution in [-0.2, 0) is 4.79 Å². The van der Waals surface area contributed by atoms with Crippen LogP contribution in [0.25, 0.3) is 0 Å². The summed E-state index contributed by atoms with van der Waals surface area (Å²) in [5.41, 5.74) is 6.26. The second-order valence-electron chi connectivity index (χ2n) is 4.28. The van der Waals surface area contributed by atoms with Gasteiger partial charge in [0.2, 0.25) is 0 Å². The minimum absolute atomic E-state index is 0.0295. The van der Waals surface area contributed by atoms with Gasteiger partial charge in [-0.1, -0.05) is 0 Å². The molecular weight excluding hydrogens is 232 g/mol. The van der Waals surface area contributed by atoms with Crippen LogP contribution in [0.1, 0.15) is 12.8 Å². The molecule has 1 fully saturated rings. The van der Waals surface area contributed by atoms with Crippen LogP contribution in [0.5, 0.6) is 11.5 Å². The summed E-state index contributed by atoms with van der Waals surface area (Å²) >= 11 is 0. The predicted molar refractivity (Wildman–Crippen MR) is 68.7 cm³/mol. The fourth-order valence-electron chi connectivity index (χ4n) is 2.01. The lowest BCUT2D eigenvalue weighted by atomic mass is 10.3. The number of anilines is 1. The molecule has 5 heteroatoms. The van der Waals surface area contributed by atoms with Gasteiger partial charge in [-0.25, -0.2) is 0 Å². The van der Waals surface area contributed by atoms with E-state index in [-0.39, 0.29) is 12.5 Å². The Hall–Kier alpha value is -1.91. The molecule has 98 valence electrons. The SMILES string of the molecule is COc1ccc(OCC(=O)N2CCCC2)cc1N. The second kappa shape index (κ2) is 5.62. The Morgan fingerprint density at radius 2 is 2.11 bits per heavy atom. The van der Waals surface area contributed by atoms with Crippen LogP contribution in [0.2, 0.25) is 0 Å². The van der Waals surface area contributed by atoms with Crippen molar-refractivity contribution < 1.29 is 14.3 Å². The van der Waals surface area contributed by atoms with Crippen molar-refractivity contribution in [2.75, 3.05) is 32.5 Å². The lowest BCUT2D eigenvalue weighted by Crippen LogP contribution is -2.32. The first-order chi connectivity index (χ1) is 8.70. The molecule has 1 aliphatic rings. The molecule has 1 amide bonds. The first-order valence-corrected chi connectivity index (χ1v) is 6.05. The Balaban J connectivity index is 1.89. The number of nitrogen functional groups attached to an aromatic ring is 1. The van der Waals surface area contributed by atoms with Gasteiger partial charge in [-0.15, -0.1) is 0 Å². The van der Waals surface area contributed by atoms with Crippen molar-refractivity contribution in [2.24, 2.45) is 0 Å². The van der Waals surface area contributed by atoms with E-state index in [1.54, 1.807) is 25.3 Å². The molecule has 0 unspecified atom stereocenters. The first-order valence-electron chi connectivity index (χ1n) is 6.05. The summed E-state index contributed by atoms with van der Waals surface area (Å²) in [4.78, 5) is 13.6. The van der Waals surface area contributed by atoms with Gasteiger partial charge in [0.15, 0.2) is 6.61 Å². The summed E-state index contributed by atoms with van der Waals surface area (Å²) in [7, 11) is 1.56. The predicted octanol–water partition coefficient (Wildman–Crippen LogP) is 1.28. The van der Waals surface area contributed by atoms with E-state index in [0.717, 1.165) is 25.9 Å². The Bertz CT molecular complexity index is 428. The minimum Gasteiger partial charge on any atom is -0.495 e. The van der Waals surface area contributed by atoms with E-state index in [0.29, 0.717) is 17.2 Å². The van der Waals surface area contributed by atoms with Crippen molar-refractivity contribution in [1.82, 2.24) is 4.90 Å². The molecule has 1 aromatic rings. The molecule has 0 atom stereocenters. The largest absolute Gasteiger partial charge is 0.495 e. The maximum atomic E-state index is 11.8. The molecule has 1 saturated heterocycles. The summed E-state index contributed by atoms with van der Waals surface area (Å²) in [5.74, 6) is 1.22. The molecule has 0 spiro atoms. The van der Waals surface area contributed by atoms with E-state index < -0.39 is 0 Å². The topological polar surface area (TPSA) is 64.8 Å². The molecule has 0 aliphatic carbocycles. The molecule has 0 bridgehead atoms. The van der Waals surface area contributed by atoms with Crippen molar-refractivity contribution in [2.45, 2.75) is 12.8 Å². The highest BCUT2D eigenvalue weighted by Crippen LogP contribution is 2.25. The number of nitrogens with zero attached hydrogens (tertiary/aromatic N) is 1. The summed E-state index contributed by atoms with van der Waals surface area (Å²) in [6, 6.07) is 5.13. The van der Waals surface area contributed by atoms with Crippen LogP contribution in [0.15, 0.2) is 18.2 Å². The van der Waals surface area contributed by atoms with Crippen LogP contribution in [0, 0.1) is 0 Å². The maximum Gasteiger partial charge on any atom is 0.260 e. The third-order valence-electron chi connectivity index (χ3n) is 3.02. The standard InChI is InChI=1S/C13H18N2O3/c1-17-12-5-4-10(8-11(12)14)18-9-13(16)15-6-2-3-7-15/h4-5,8H,2-3,6-7,9,14H2,1H3. The Labute approximate surface area is 106 Å². The normalized spacial score (nSPS) is 14.6. The van der Waals surface area contributed by atoms with Gasteiger partial charge >= 0.3 is 0 Å². The second-order valence-corrected chi connectivity index (χ2v) is 4.28. The lowest BCUT2D eigenvalue weighted by Gasteiger charge is -2.15. The summed E-state index contributed by atoms with van der Waals surface area (Å²) < 4.78 is 10.5. The molecule has 1 aliphatic heterocycles. The molecule has 2 rings (SSSR count). The van der Waals surface area contributed by atoms with E-state index in [1.807, 2.05) is 4.90 Å². The maximum absolute atomic E-state index is 11.8. The van der Waals surface area contributed by atoms with Gasteiger partial charge in [0.05, 0.1) is 12.8 Å². The van der Waals surface area contributed by atoms with Crippen molar-refractivity contribution in [3.63, 3.8) is 0 Å². The quantitative estimate of drug-likeness (QED) is 0.817. The zero-order chi connectivity index (χ0) is 13.0. The van der Waals surface area contributed by atoms with Crippen molar-refractivity contribution in [3.05, 3.63) is 18.2 Å². The van der Waals surface area contributed by atoms with Gasteiger partial charge in [-0.05, 0) is 25.0 Å². The van der Waals surface area contributed by atoms with Crippen LogP contribution in [0.4, 0.5) is 5.69 Å². The number of hydrogen-bond donors (Lipinski definition) is 1. The van der Waals surface area contributed by atoms with Gasteiger partial charge in [0.25, 0.3) is 5.91 Å². The Morgan fingerprint density at radius 3 is 2.72 bits per heavy atom. The average Bonchev–Trinajstić information content (AvgIpc) is 2.90. The highest BCUT2D eigenvalue weighted by Gasteiger charge is 2.18. The van der Waals surface area contributed by atoms with Gasteiger partial charge in [-0.3, -0.25) is 4.79 Å². The number of carbonyl (C=O) groups is 1. The van der Waals surface area contributed by atoms with Gasteiger partial charge in [0, 0.05) is 19.2 Å². The van der Waals surface area contributed by atoms with E-state index in [1.165, 1.54) is 0 Å².